The van der Waals surface area contributed by atoms with Crippen molar-refractivity contribution in [3.63, 3.8) is 0 Å². The second-order valence-electron chi connectivity index (χ2n) is 1.83. The lowest BCUT2D eigenvalue weighted by Crippen LogP contribution is -1.77. The van der Waals surface area contributed by atoms with Gasteiger partial charge in [0.1, 0.15) is 0 Å². The van der Waals surface area contributed by atoms with E-state index in [1.165, 1.54) is 4.88 Å². The van der Waals surface area contributed by atoms with E-state index in [4.69, 9.17) is 0 Å². The lowest BCUT2D eigenvalue weighted by Gasteiger charge is -1.96. The second kappa shape index (κ2) is 3.69. The molecule has 0 atom stereocenters. The van der Waals surface area contributed by atoms with Gasteiger partial charge in [0, 0.05) is 14.7 Å². The Bertz CT molecular complexity index is 240. The summed E-state index contributed by atoms with van der Waals surface area (Å²) in [5, 5.41) is 2.89. The summed E-state index contributed by atoms with van der Waals surface area (Å²) < 4.78 is 1.14. The number of thiophene rings is 1. The molecular weight excluding hydrogens is 276 g/mol. The number of hydrogen-bond donors (Lipinski definition) is 0. The van der Waals surface area contributed by atoms with E-state index in [-0.39, 0.29) is 0 Å². The Balaban J connectivity index is 2.93. The largest absolute Gasteiger partial charge is 0.143 e. The zero-order chi connectivity index (χ0) is 7.56. The number of allylic oxidation sites excluding steroid dienone is 1. The van der Waals surface area contributed by atoms with Crippen LogP contribution in [0.15, 0.2) is 22.5 Å². The maximum absolute atomic E-state index is 3.91. The molecule has 0 radical (unpaired) electrons. The van der Waals surface area contributed by atoms with Crippen molar-refractivity contribution in [1.82, 2.24) is 0 Å². The van der Waals surface area contributed by atoms with Crippen LogP contribution in [-0.2, 0) is 0 Å². The van der Waals surface area contributed by atoms with Crippen LogP contribution in [-0.4, -0.2) is 5.33 Å². The van der Waals surface area contributed by atoms with E-state index < -0.39 is 0 Å². The fourth-order valence-corrected chi connectivity index (χ4v) is 2.70. The Morgan fingerprint density at radius 2 is 2.40 bits per heavy atom. The van der Waals surface area contributed by atoms with Crippen molar-refractivity contribution >= 4 is 48.8 Å². The molecule has 0 N–H and O–H groups in total. The third-order valence-corrected chi connectivity index (χ3v) is 3.72. The van der Waals surface area contributed by atoms with Crippen molar-refractivity contribution in [2.75, 3.05) is 5.33 Å². The Morgan fingerprint density at radius 3 is 2.80 bits per heavy atom. The SMILES string of the molecule is C=C(CBr)c1sccc1Br. The highest BCUT2D eigenvalue weighted by Crippen LogP contribution is 2.29. The normalized spacial score (nSPS) is 9.80. The zero-order valence-electron chi connectivity index (χ0n) is 5.23. The summed E-state index contributed by atoms with van der Waals surface area (Å²) in [6.07, 6.45) is 0. The van der Waals surface area contributed by atoms with Gasteiger partial charge < -0.3 is 0 Å². The first kappa shape index (κ1) is 8.50. The lowest BCUT2D eigenvalue weighted by atomic mass is 10.3. The van der Waals surface area contributed by atoms with E-state index >= 15 is 0 Å². The molecule has 1 heterocycles. The molecule has 0 amide bonds. The van der Waals surface area contributed by atoms with Gasteiger partial charge in [-0.1, -0.05) is 22.5 Å². The van der Waals surface area contributed by atoms with E-state index in [9.17, 15) is 0 Å². The van der Waals surface area contributed by atoms with Crippen molar-refractivity contribution in [3.05, 3.63) is 27.4 Å². The van der Waals surface area contributed by atoms with Crippen molar-refractivity contribution in [1.29, 1.82) is 0 Å². The van der Waals surface area contributed by atoms with Crippen molar-refractivity contribution < 1.29 is 0 Å². The summed E-state index contributed by atoms with van der Waals surface area (Å²) in [7, 11) is 0. The first-order chi connectivity index (χ1) is 4.75. The number of halogens is 2. The monoisotopic (exact) mass is 280 g/mol. The minimum Gasteiger partial charge on any atom is -0.143 e. The van der Waals surface area contributed by atoms with Crippen LogP contribution in [0, 0.1) is 0 Å². The van der Waals surface area contributed by atoms with E-state index in [1.54, 1.807) is 11.3 Å². The van der Waals surface area contributed by atoms with Gasteiger partial charge in [-0.2, -0.15) is 0 Å². The zero-order valence-corrected chi connectivity index (χ0v) is 9.22. The van der Waals surface area contributed by atoms with E-state index in [2.05, 4.69) is 38.4 Å². The average molecular weight is 282 g/mol. The van der Waals surface area contributed by atoms with Crippen LogP contribution < -0.4 is 0 Å². The van der Waals surface area contributed by atoms with Gasteiger partial charge in [0.25, 0.3) is 0 Å². The summed E-state index contributed by atoms with van der Waals surface area (Å²) in [6.45, 7) is 3.91. The molecule has 1 rings (SSSR count). The van der Waals surface area contributed by atoms with Crippen molar-refractivity contribution in [3.8, 4) is 0 Å². The van der Waals surface area contributed by atoms with Crippen LogP contribution in [0.2, 0.25) is 0 Å². The molecule has 0 saturated heterocycles. The average Bonchev–Trinajstić information content (AvgIpc) is 2.34. The quantitative estimate of drug-likeness (QED) is 0.721. The molecule has 0 aliphatic heterocycles. The van der Waals surface area contributed by atoms with Gasteiger partial charge in [-0.25, -0.2) is 0 Å². The smallest absolute Gasteiger partial charge is 0.0447 e. The number of alkyl halides is 1. The van der Waals surface area contributed by atoms with Crippen LogP contribution >= 0.6 is 43.2 Å². The lowest BCUT2D eigenvalue weighted by molar-refractivity contribution is 1.73. The van der Waals surface area contributed by atoms with Gasteiger partial charge in [-0.15, -0.1) is 11.3 Å². The van der Waals surface area contributed by atoms with Gasteiger partial charge in [0.2, 0.25) is 0 Å². The molecule has 0 aromatic carbocycles. The summed E-state index contributed by atoms with van der Waals surface area (Å²) in [6, 6.07) is 2.04. The molecule has 0 unspecified atom stereocenters. The summed E-state index contributed by atoms with van der Waals surface area (Å²) in [5.41, 5.74) is 1.13. The maximum atomic E-state index is 3.91. The molecule has 0 aliphatic carbocycles. The molecule has 54 valence electrons. The Labute approximate surface area is 81.2 Å². The van der Waals surface area contributed by atoms with Gasteiger partial charge in [-0.3, -0.25) is 0 Å². The van der Waals surface area contributed by atoms with Gasteiger partial charge in [0.05, 0.1) is 0 Å². The molecule has 0 nitrogen and oxygen atoms in total. The molecule has 3 heteroatoms. The maximum Gasteiger partial charge on any atom is 0.0447 e. The highest BCUT2D eigenvalue weighted by Gasteiger charge is 2.02. The third kappa shape index (κ3) is 1.71. The highest BCUT2D eigenvalue weighted by molar-refractivity contribution is 9.10. The van der Waals surface area contributed by atoms with Crippen molar-refractivity contribution in [2.45, 2.75) is 0 Å². The van der Waals surface area contributed by atoms with Crippen LogP contribution in [0.25, 0.3) is 5.57 Å². The molecule has 0 spiro atoms. The predicted octanol–water partition coefficient (Wildman–Crippen LogP) is 3.92. The molecule has 0 bridgehead atoms. The van der Waals surface area contributed by atoms with Gasteiger partial charge in [0.15, 0.2) is 0 Å². The fourth-order valence-electron chi connectivity index (χ4n) is 0.607. The first-order valence-corrected chi connectivity index (χ1v) is 5.52. The predicted molar refractivity (Wildman–Crippen MR) is 54.8 cm³/mol. The van der Waals surface area contributed by atoms with E-state index in [0.29, 0.717) is 0 Å². The summed E-state index contributed by atoms with van der Waals surface area (Å²) in [4.78, 5) is 1.23. The van der Waals surface area contributed by atoms with Gasteiger partial charge in [-0.05, 0) is 32.9 Å². The second-order valence-corrected chi connectivity index (χ2v) is 4.17. The van der Waals surface area contributed by atoms with Crippen LogP contribution in [0.4, 0.5) is 0 Å². The number of hydrogen-bond acceptors (Lipinski definition) is 1. The highest BCUT2D eigenvalue weighted by atomic mass is 79.9. The minimum atomic E-state index is 0.839. The number of rotatable bonds is 2. The molecule has 1 aromatic heterocycles. The van der Waals surface area contributed by atoms with Crippen LogP contribution in [0.5, 0.6) is 0 Å². The molecular formula is C7H6Br2S. The Hall–Kier alpha value is 0.400. The van der Waals surface area contributed by atoms with E-state index in [1.807, 2.05) is 11.4 Å². The van der Waals surface area contributed by atoms with Gasteiger partial charge >= 0.3 is 0 Å². The fraction of sp³-hybridized carbons (Fsp3) is 0.143. The first-order valence-electron chi connectivity index (χ1n) is 2.73. The Kier molecular flexibility index (Phi) is 3.14. The third-order valence-electron chi connectivity index (χ3n) is 1.10. The standard InChI is InChI=1S/C7H6Br2S/c1-5(4-8)7-6(9)2-3-10-7/h2-3H,1,4H2. The van der Waals surface area contributed by atoms with Crippen LogP contribution in [0.1, 0.15) is 4.88 Å². The topological polar surface area (TPSA) is 0 Å². The Morgan fingerprint density at radius 1 is 1.70 bits per heavy atom. The molecule has 0 aliphatic rings. The molecule has 10 heavy (non-hydrogen) atoms. The summed E-state index contributed by atoms with van der Waals surface area (Å²) in [5.74, 6) is 0. The molecule has 0 saturated carbocycles. The summed E-state index contributed by atoms with van der Waals surface area (Å²) >= 11 is 8.50. The molecule has 0 fully saturated rings. The van der Waals surface area contributed by atoms with Crippen molar-refractivity contribution in [2.24, 2.45) is 0 Å². The molecule has 1 aromatic rings. The van der Waals surface area contributed by atoms with E-state index in [0.717, 1.165) is 15.4 Å². The minimum absolute atomic E-state index is 0.839. The van der Waals surface area contributed by atoms with Crippen LogP contribution in [0.3, 0.4) is 0 Å².